The maximum absolute atomic E-state index is 14.0. The van der Waals surface area contributed by atoms with Crippen molar-refractivity contribution in [2.24, 2.45) is 0 Å². The summed E-state index contributed by atoms with van der Waals surface area (Å²) >= 11 is 0. The van der Waals surface area contributed by atoms with E-state index >= 15 is 0 Å². The number of fused-ring (bicyclic) bond motifs is 1. The molecule has 0 bridgehead atoms. The highest BCUT2D eigenvalue weighted by Crippen LogP contribution is 2.35. The molecule has 1 aromatic heterocycles. The van der Waals surface area contributed by atoms with E-state index in [0.29, 0.717) is 37.6 Å². The molecule has 0 atom stereocenters. The summed E-state index contributed by atoms with van der Waals surface area (Å²) in [6, 6.07) is 24.2. The molecule has 1 amide bonds. The minimum atomic E-state index is -0.430. The first-order valence-electron chi connectivity index (χ1n) is 12.5. The molecule has 190 valence electrons. The van der Waals surface area contributed by atoms with E-state index in [0.717, 1.165) is 29.8 Å². The molecular weight excluding hydrogens is 467 g/mol. The molecule has 0 aliphatic carbocycles. The summed E-state index contributed by atoms with van der Waals surface area (Å²) in [5.74, 6) is 0.0211. The highest BCUT2D eigenvalue weighted by Gasteiger charge is 2.28. The molecule has 2 heterocycles. The van der Waals surface area contributed by atoms with Crippen LogP contribution in [-0.4, -0.2) is 54.6 Å². The van der Waals surface area contributed by atoms with Gasteiger partial charge >= 0.3 is 0 Å². The van der Waals surface area contributed by atoms with Gasteiger partial charge in [0, 0.05) is 37.3 Å². The van der Waals surface area contributed by atoms with E-state index in [4.69, 9.17) is 4.52 Å². The summed E-state index contributed by atoms with van der Waals surface area (Å²) in [5, 5.41) is 4.49. The van der Waals surface area contributed by atoms with Crippen LogP contribution in [0.5, 0.6) is 0 Å². The van der Waals surface area contributed by atoms with E-state index in [1.807, 2.05) is 49.3 Å². The Bertz CT molecular complexity index is 1370. The van der Waals surface area contributed by atoms with Crippen molar-refractivity contribution in [1.29, 1.82) is 0 Å². The zero-order valence-electron chi connectivity index (χ0n) is 21.2. The third kappa shape index (κ3) is 5.57. The molecule has 1 aliphatic rings. The summed E-state index contributed by atoms with van der Waals surface area (Å²) in [6.45, 7) is 2.94. The first kappa shape index (κ1) is 24.7. The lowest BCUT2D eigenvalue weighted by Gasteiger charge is -2.30. The number of hydrogen-bond donors (Lipinski definition) is 0. The van der Waals surface area contributed by atoms with Gasteiger partial charge in [-0.3, -0.25) is 4.79 Å². The molecule has 0 radical (unpaired) electrons. The van der Waals surface area contributed by atoms with E-state index in [2.05, 4.69) is 34.3 Å². The van der Waals surface area contributed by atoms with Gasteiger partial charge in [-0.2, -0.15) is 0 Å². The van der Waals surface area contributed by atoms with Crippen LogP contribution in [-0.2, 0) is 19.5 Å². The van der Waals surface area contributed by atoms with Gasteiger partial charge in [-0.05, 0) is 49.8 Å². The summed E-state index contributed by atoms with van der Waals surface area (Å²) in [4.78, 5) is 19.6. The number of hydrogen-bond acceptors (Lipinski definition) is 5. The van der Waals surface area contributed by atoms with Crippen LogP contribution in [0.4, 0.5) is 10.3 Å². The van der Waals surface area contributed by atoms with Crippen LogP contribution in [0.2, 0.25) is 0 Å². The van der Waals surface area contributed by atoms with Crippen LogP contribution in [0.25, 0.3) is 11.3 Å². The van der Waals surface area contributed by atoms with Crippen molar-refractivity contribution in [3.05, 3.63) is 107 Å². The summed E-state index contributed by atoms with van der Waals surface area (Å²) in [6.07, 6.45) is 0.906. The number of carbonyl (C=O) groups excluding carboxylic acids is 1. The number of aromatic nitrogens is 1. The predicted octanol–water partition coefficient (Wildman–Crippen LogP) is 5.25. The number of nitrogens with zero attached hydrogens (tertiary/aromatic N) is 4. The maximum Gasteiger partial charge on any atom is 0.254 e. The lowest BCUT2D eigenvalue weighted by atomic mass is 9.99. The Hall–Kier alpha value is -3.97. The Balaban J connectivity index is 1.53. The molecule has 7 heteroatoms. The minimum Gasteiger partial charge on any atom is -0.338 e. The first-order chi connectivity index (χ1) is 18.0. The van der Waals surface area contributed by atoms with Crippen molar-refractivity contribution < 1.29 is 13.7 Å². The molecule has 0 saturated carbocycles. The molecule has 6 nitrogen and oxygen atoms in total. The molecule has 0 fully saturated rings. The molecule has 0 spiro atoms. The minimum absolute atomic E-state index is 0.225. The van der Waals surface area contributed by atoms with Crippen molar-refractivity contribution in [2.45, 2.75) is 19.5 Å². The lowest BCUT2D eigenvalue weighted by Crippen LogP contribution is -2.37. The number of benzene rings is 3. The Morgan fingerprint density at radius 2 is 1.73 bits per heavy atom. The van der Waals surface area contributed by atoms with Crippen molar-refractivity contribution in [3.63, 3.8) is 0 Å². The van der Waals surface area contributed by atoms with Crippen LogP contribution in [0, 0.1) is 5.82 Å². The smallest absolute Gasteiger partial charge is 0.254 e. The van der Waals surface area contributed by atoms with Gasteiger partial charge in [0.1, 0.15) is 11.5 Å². The Labute approximate surface area is 216 Å². The van der Waals surface area contributed by atoms with Crippen LogP contribution < -0.4 is 4.90 Å². The van der Waals surface area contributed by atoms with E-state index in [1.54, 1.807) is 17.0 Å². The summed E-state index contributed by atoms with van der Waals surface area (Å²) in [5.41, 5.74) is 5.43. The zero-order valence-corrected chi connectivity index (χ0v) is 21.2. The van der Waals surface area contributed by atoms with Crippen LogP contribution >= 0.6 is 0 Å². The number of halogens is 1. The number of anilines is 1. The number of amides is 1. The second-order valence-electron chi connectivity index (χ2n) is 9.66. The van der Waals surface area contributed by atoms with E-state index in [-0.39, 0.29) is 5.91 Å². The molecule has 4 aromatic rings. The van der Waals surface area contributed by atoms with Gasteiger partial charge in [0.05, 0.1) is 12.1 Å². The second kappa shape index (κ2) is 11.0. The van der Waals surface area contributed by atoms with Gasteiger partial charge in [-0.25, -0.2) is 4.39 Å². The van der Waals surface area contributed by atoms with Crippen molar-refractivity contribution >= 4 is 11.8 Å². The Morgan fingerprint density at radius 1 is 0.973 bits per heavy atom. The van der Waals surface area contributed by atoms with Gasteiger partial charge in [0.15, 0.2) is 0 Å². The van der Waals surface area contributed by atoms with E-state index in [1.165, 1.54) is 23.3 Å². The highest BCUT2D eigenvalue weighted by atomic mass is 19.1. The molecule has 0 unspecified atom stereocenters. The molecule has 3 aromatic carbocycles. The second-order valence-corrected chi connectivity index (χ2v) is 9.66. The monoisotopic (exact) mass is 498 g/mol. The van der Waals surface area contributed by atoms with Gasteiger partial charge < -0.3 is 19.2 Å². The maximum atomic E-state index is 14.0. The SMILES string of the molecule is CN(C)CCN(Cc1c(-c2ccccc2)noc1N1CCc2ccccc2C1)C(=O)c1cccc(F)c1. The van der Waals surface area contributed by atoms with Gasteiger partial charge in [-0.15, -0.1) is 0 Å². The van der Waals surface area contributed by atoms with Gasteiger partial charge in [0.2, 0.25) is 5.88 Å². The molecule has 37 heavy (non-hydrogen) atoms. The average Bonchev–Trinajstić information content (AvgIpc) is 3.34. The summed E-state index contributed by atoms with van der Waals surface area (Å²) in [7, 11) is 3.94. The molecule has 0 N–H and O–H groups in total. The van der Waals surface area contributed by atoms with E-state index in [9.17, 15) is 9.18 Å². The Morgan fingerprint density at radius 3 is 2.49 bits per heavy atom. The average molecular weight is 499 g/mol. The fourth-order valence-electron chi connectivity index (χ4n) is 4.75. The van der Waals surface area contributed by atoms with Crippen LogP contribution in [0.1, 0.15) is 27.0 Å². The number of carbonyl (C=O) groups is 1. The standard InChI is InChI=1S/C30H31FN4O2/c1-33(2)17-18-34(29(36)24-13-8-14-26(31)19-24)21-27-28(23-10-4-3-5-11-23)32-37-30(27)35-16-15-22-9-6-7-12-25(22)20-35/h3-14,19H,15-18,20-21H2,1-2H3. The van der Waals surface area contributed by atoms with Crippen molar-refractivity contribution in [2.75, 3.05) is 38.6 Å². The lowest BCUT2D eigenvalue weighted by molar-refractivity contribution is 0.0731. The largest absolute Gasteiger partial charge is 0.338 e. The quantitative estimate of drug-likeness (QED) is 0.332. The highest BCUT2D eigenvalue weighted by molar-refractivity contribution is 5.94. The normalized spacial score (nSPS) is 13.0. The molecule has 1 aliphatic heterocycles. The first-order valence-corrected chi connectivity index (χ1v) is 12.5. The molecular formula is C30H31FN4O2. The van der Waals surface area contributed by atoms with E-state index < -0.39 is 5.82 Å². The molecule has 0 saturated heterocycles. The molecule has 5 rings (SSSR count). The number of rotatable bonds is 8. The van der Waals surface area contributed by atoms with Gasteiger partial charge in [-0.1, -0.05) is 65.8 Å². The summed E-state index contributed by atoms with van der Waals surface area (Å²) < 4.78 is 20.0. The van der Waals surface area contributed by atoms with Crippen LogP contribution in [0.15, 0.2) is 83.4 Å². The fraction of sp³-hybridized carbons (Fsp3) is 0.267. The Kier molecular flexibility index (Phi) is 7.32. The van der Waals surface area contributed by atoms with Crippen molar-refractivity contribution in [1.82, 2.24) is 15.0 Å². The van der Waals surface area contributed by atoms with Crippen LogP contribution in [0.3, 0.4) is 0 Å². The fourth-order valence-corrected chi connectivity index (χ4v) is 4.75. The predicted molar refractivity (Wildman–Crippen MR) is 143 cm³/mol. The number of likely N-dealkylation sites (N-methyl/N-ethyl adjacent to an activating group) is 1. The third-order valence-corrected chi connectivity index (χ3v) is 6.76. The van der Waals surface area contributed by atoms with Gasteiger partial charge in [0.25, 0.3) is 5.91 Å². The van der Waals surface area contributed by atoms with Crippen molar-refractivity contribution in [3.8, 4) is 11.3 Å². The third-order valence-electron chi connectivity index (χ3n) is 6.76. The topological polar surface area (TPSA) is 52.8 Å². The zero-order chi connectivity index (χ0) is 25.8.